The van der Waals surface area contributed by atoms with Crippen molar-refractivity contribution in [2.75, 3.05) is 22.4 Å². The maximum absolute atomic E-state index is 12.5. The second kappa shape index (κ2) is 9.24. The second-order valence-electron chi connectivity index (χ2n) is 7.52. The van der Waals surface area contributed by atoms with Gasteiger partial charge in [0.2, 0.25) is 15.9 Å². The number of anilines is 2. The van der Waals surface area contributed by atoms with Crippen LogP contribution in [0.4, 0.5) is 11.4 Å². The molecule has 0 saturated heterocycles. The molecular formula is C22H30N2O3S. The van der Waals surface area contributed by atoms with Gasteiger partial charge in [-0.3, -0.25) is 9.10 Å². The Kier molecular flexibility index (Phi) is 7.24. The van der Waals surface area contributed by atoms with Crippen LogP contribution in [0.3, 0.4) is 0 Å². The van der Waals surface area contributed by atoms with E-state index in [9.17, 15) is 13.2 Å². The number of hydrogen-bond acceptors (Lipinski definition) is 3. The molecule has 0 saturated carbocycles. The van der Waals surface area contributed by atoms with Crippen molar-refractivity contribution < 1.29 is 13.2 Å². The number of benzene rings is 2. The van der Waals surface area contributed by atoms with Gasteiger partial charge < -0.3 is 5.32 Å². The summed E-state index contributed by atoms with van der Waals surface area (Å²) in [7, 11) is -3.41. The quantitative estimate of drug-likeness (QED) is 0.701. The topological polar surface area (TPSA) is 66.5 Å². The summed E-state index contributed by atoms with van der Waals surface area (Å²) in [6.07, 6.45) is 1.89. The van der Waals surface area contributed by atoms with E-state index in [1.54, 1.807) is 6.07 Å². The van der Waals surface area contributed by atoms with E-state index in [4.69, 9.17) is 0 Å². The number of aryl methyl sites for hydroxylation is 2. The average Bonchev–Trinajstić information content (AvgIpc) is 2.59. The third-order valence-electron chi connectivity index (χ3n) is 4.65. The van der Waals surface area contributed by atoms with Crippen LogP contribution in [0.15, 0.2) is 42.5 Å². The minimum Gasteiger partial charge on any atom is -0.326 e. The molecule has 1 amide bonds. The van der Waals surface area contributed by atoms with Gasteiger partial charge in [-0.05, 0) is 55.0 Å². The van der Waals surface area contributed by atoms with Gasteiger partial charge >= 0.3 is 0 Å². The van der Waals surface area contributed by atoms with E-state index in [2.05, 4.69) is 19.2 Å². The molecule has 28 heavy (non-hydrogen) atoms. The van der Waals surface area contributed by atoms with Crippen molar-refractivity contribution in [1.82, 2.24) is 0 Å². The lowest BCUT2D eigenvalue weighted by Gasteiger charge is -2.23. The summed E-state index contributed by atoms with van der Waals surface area (Å²) < 4.78 is 25.8. The van der Waals surface area contributed by atoms with Gasteiger partial charge in [-0.1, -0.05) is 44.2 Å². The van der Waals surface area contributed by atoms with E-state index in [-0.39, 0.29) is 18.9 Å². The zero-order valence-electron chi connectivity index (χ0n) is 17.3. The zero-order chi connectivity index (χ0) is 20.9. The van der Waals surface area contributed by atoms with Gasteiger partial charge in [-0.2, -0.15) is 0 Å². The molecule has 0 atom stereocenters. The molecule has 0 spiro atoms. The minimum absolute atomic E-state index is 0.103. The fourth-order valence-corrected chi connectivity index (χ4v) is 4.15. The molecule has 0 bridgehead atoms. The first-order valence-corrected chi connectivity index (χ1v) is 11.4. The first-order chi connectivity index (χ1) is 13.1. The Morgan fingerprint density at radius 2 is 1.79 bits per heavy atom. The highest BCUT2D eigenvalue weighted by Gasteiger charge is 2.18. The largest absolute Gasteiger partial charge is 0.326 e. The van der Waals surface area contributed by atoms with Crippen LogP contribution in [0.5, 0.6) is 0 Å². The number of nitrogens with one attached hydrogen (secondary N) is 1. The van der Waals surface area contributed by atoms with Crippen LogP contribution in [0.2, 0.25) is 0 Å². The Morgan fingerprint density at radius 3 is 2.39 bits per heavy atom. The van der Waals surface area contributed by atoms with E-state index < -0.39 is 10.0 Å². The maximum atomic E-state index is 12.5. The highest BCUT2D eigenvalue weighted by molar-refractivity contribution is 7.92. The van der Waals surface area contributed by atoms with Gasteiger partial charge in [0.15, 0.2) is 0 Å². The van der Waals surface area contributed by atoms with Crippen LogP contribution in [0, 0.1) is 13.8 Å². The third kappa shape index (κ3) is 5.83. The first-order valence-electron chi connectivity index (χ1n) is 9.53. The summed E-state index contributed by atoms with van der Waals surface area (Å²) in [5.41, 5.74) is 4.61. The van der Waals surface area contributed by atoms with Gasteiger partial charge in [0, 0.05) is 18.7 Å². The number of para-hydroxylation sites is 1. The molecule has 0 aliphatic rings. The Morgan fingerprint density at radius 1 is 1.11 bits per heavy atom. The van der Waals surface area contributed by atoms with Crippen LogP contribution in [0.25, 0.3) is 0 Å². The molecule has 2 rings (SSSR count). The van der Waals surface area contributed by atoms with Crippen LogP contribution in [-0.2, 0) is 14.8 Å². The molecule has 0 aromatic heterocycles. The Bertz CT molecular complexity index is 937. The van der Waals surface area contributed by atoms with Crippen LogP contribution >= 0.6 is 0 Å². The molecule has 6 heteroatoms. The molecule has 152 valence electrons. The first kappa shape index (κ1) is 22.0. The summed E-state index contributed by atoms with van der Waals surface area (Å²) in [4.78, 5) is 12.5. The van der Waals surface area contributed by atoms with E-state index in [0.717, 1.165) is 22.4 Å². The number of hydrogen-bond donors (Lipinski definition) is 1. The summed E-state index contributed by atoms with van der Waals surface area (Å²) in [6, 6.07) is 13.4. The molecule has 2 aromatic rings. The normalized spacial score (nSPS) is 11.5. The molecule has 5 nitrogen and oxygen atoms in total. The standard InChI is InChI=1S/C22H30N2O3S/c1-16(2)20-12-7-10-18(4)22(20)23-21(25)13-8-14-24(28(5,26)27)19-11-6-9-17(3)15-19/h6-7,9-12,15-16H,8,13-14H2,1-5H3,(H,23,25). The molecule has 0 heterocycles. The SMILES string of the molecule is Cc1cccc(N(CCCC(=O)Nc2c(C)cccc2C(C)C)S(C)(=O)=O)c1. The van der Waals surface area contributed by atoms with Crippen LogP contribution in [0.1, 0.15) is 49.3 Å². The summed E-state index contributed by atoms with van der Waals surface area (Å²) in [5, 5.41) is 3.01. The number of rotatable bonds is 8. The smallest absolute Gasteiger partial charge is 0.232 e. The molecular weight excluding hydrogens is 372 g/mol. The Balaban J connectivity index is 2.04. The third-order valence-corrected chi connectivity index (χ3v) is 5.84. The predicted molar refractivity (Wildman–Crippen MR) is 117 cm³/mol. The summed E-state index contributed by atoms with van der Waals surface area (Å²) >= 11 is 0. The molecule has 2 aromatic carbocycles. The molecule has 1 N–H and O–H groups in total. The van der Waals surface area contributed by atoms with Crippen molar-refractivity contribution in [2.24, 2.45) is 0 Å². The Labute approximate surface area is 168 Å². The minimum atomic E-state index is -3.41. The van der Waals surface area contributed by atoms with E-state index in [1.165, 1.54) is 10.6 Å². The Hall–Kier alpha value is -2.34. The molecule has 0 radical (unpaired) electrons. The number of sulfonamides is 1. The van der Waals surface area contributed by atoms with Crippen molar-refractivity contribution >= 4 is 27.3 Å². The fraction of sp³-hybridized carbons (Fsp3) is 0.409. The van der Waals surface area contributed by atoms with E-state index >= 15 is 0 Å². The van der Waals surface area contributed by atoms with E-state index in [1.807, 2.05) is 50.2 Å². The number of carbonyl (C=O) groups is 1. The van der Waals surface area contributed by atoms with E-state index in [0.29, 0.717) is 18.0 Å². The zero-order valence-corrected chi connectivity index (χ0v) is 18.1. The van der Waals surface area contributed by atoms with Crippen molar-refractivity contribution in [2.45, 2.75) is 46.5 Å². The molecule has 0 aliphatic heterocycles. The van der Waals surface area contributed by atoms with Crippen molar-refractivity contribution in [1.29, 1.82) is 0 Å². The number of nitrogens with zero attached hydrogens (tertiary/aromatic N) is 1. The van der Waals surface area contributed by atoms with Crippen molar-refractivity contribution in [3.63, 3.8) is 0 Å². The monoisotopic (exact) mass is 402 g/mol. The van der Waals surface area contributed by atoms with Gasteiger partial charge in [-0.25, -0.2) is 8.42 Å². The number of carbonyl (C=O) groups excluding carboxylic acids is 1. The van der Waals surface area contributed by atoms with Gasteiger partial charge in [0.1, 0.15) is 0 Å². The van der Waals surface area contributed by atoms with Gasteiger partial charge in [-0.15, -0.1) is 0 Å². The molecule has 0 fully saturated rings. The summed E-state index contributed by atoms with van der Waals surface area (Å²) in [5.74, 6) is 0.200. The maximum Gasteiger partial charge on any atom is 0.232 e. The summed E-state index contributed by atoms with van der Waals surface area (Å²) in [6.45, 7) is 8.35. The molecule has 0 unspecified atom stereocenters. The lowest BCUT2D eigenvalue weighted by atomic mass is 9.98. The van der Waals surface area contributed by atoms with Gasteiger partial charge in [0.05, 0.1) is 11.9 Å². The highest BCUT2D eigenvalue weighted by Crippen LogP contribution is 2.27. The second-order valence-corrected chi connectivity index (χ2v) is 9.43. The number of amides is 1. The van der Waals surface area contributed by atoms with Crippen LogP contribution < -0.4 is 9.62 Å². The predicted octanol–water partition coefficient (Wildman–Crippen LogP) is 4.61. The lowest BCUT2D eigenvalue weighted by molar-refractivity contribution is -0.116. The fourth-order valence-electron chi connectivity index (χ4n) is 3.20. The highest BCUT2D eigenvalue weighted by atomic mass is 32.2. The average molecular weight is 403 g/mol. The lowest BCUT2D eigenvalue weighted by Crippen LogP contribution is -2.31. The van der Waals surface area contributed by atoms with Crippen LogP contribution in [-0.4, -0.2) is 27.1 Å². The van der Waals surface area contributed by atoms with Crippen molar-refractivity contribution in [3.8, 4) is 0 Å². The van der Waals surface area contributed by atoms with Crippen molar-refractivity contribution in [3.05, 3.63) is 59.2 Å². The van der Waals surface area contributed by atoms with Gasteiger partial charge in [0.25, 0.3) is 0 Å². The molecule has 0 aliphatic carbocycles.